The standard InChI is InChI=1S/C12H15N5O/c1-3-13-4-2-10(1)12-15-11(16-18-12)9-17-7-5-14-6-8-17/h1-4,14H,5-9H2. The van der Waals surface area contributed by atoms with E-state index in [4.69, 9.17) is 4.52 Å². The first-order valence-electron chi connectivity index (χ1n) is 6.08. The van der Waals surface area contributed by atoms with Crippen LogP contribution in [0.25, 0.3) is 11.5 Å². The van der Waals surface area contributed by atoms with Gasteiger partial charge in [-0.3, -0.25) is 9.88 Å². The second kappa shape index (κ2) is 5.24. The van der Waals surface area contributed by atoms with E-state index in [2.05, 4.69) is 25.3 Å². The zero-order valence-electron chi connectivity index (χ0n) is 10.0. The zero-order chi connectivity index (χ0) is 12.2. The van der Waals surface area contributed by atoms with E-state index in [0.717, 1.165) is 44.1 Å². The average Bonchev–Trinajstić information content (AvgIpc) is 2.89. The summed E-state index contributed by atoms with van der Waals surface area (Å²) in [6, 6.07) is 3.73. The quantitative estimate of drug-likeness (QED) is 0.851. The van der Waals surface area contributed by atoms with Gasteiger partial charge < -0.3 is 9.84 Å². The Morgan fingerprint density at radius 1 is 1.22 bits per heavy atom. The van der Waals surface area contributed by atoms with Crippen LogP contribution in [0.5, 0.6) is 0 Å². The van der Waals surface area contributed by atoms with Gasteiger partial charge >= 0.3 is 0 Å². The molecule has 0 aliphatic carbocycles. The first-order valence-corrected chi connectivity index (χ1v) is 6.08. The fourth-order valence-corrected chi connectivity index (χ4v) is 2.00. The van der Waals surface area contributed by atoms with Crippen molar-refractivity contribution in [1.29, 1.82) is 0 Å². The maximum Gasteiger partial charge on any atom is 0.258 e. The van der Waals surface area contributed by atoms with Gasteiger partial charge in [-0.15, -0.1) is 0 Å². The fraction of sp³-hybridized carbons (Fsp3) is 0.417. The molecule has 0 aromatic carbocycles. The van der Waals surface area contributed by atoms with Crippen LogP contribution < -0.4 is 5.32 Å². The van der Waals surface area contributed by atoms with Gasteiger partial charge in [-0.2, -0.15) is 4.98 Å². The molecular weight excluding hydrogens is 230 g/mol. The van der Waals surface area contributed by atoms with Crippen LogP contribution in [-0.2, 0) is 6.54 Å². The summed E-state index contributed by atoms with van der Waals surface area (Å²) in [6.07, 6.45) is 3.44. The Balaban J connectivity index is 1.69. The predicted octanol–water partition coefficient (Wildman–Crippen LogP) is 0.537. The largest absolute Gasteiger partial charge is 0.334 e. The van der Waals surface area contributed by atoms with Crippen LogP contribution >= 0.6 is 0 Å². The highest BCUT2D eigenvalue weighted by atomic mass is 16.5. The van der Waals surface area contributed by atoms with E-state index >= 15 is 0 Å². The third kappa shape index (κ3) is 2.55. The topological polar surface area (TPSA) is 67.1 Å². The molecule has 0 unspecified atom stereocenters. The molecule has 0 spiro atoms. The van der Waals surface area contributed by atoms with Gasteiger partial charge in [-0.1, -0.05) is 5.16 Å². The first-order chi connectivity index (χ1) is 8.92. The third-order valence-corrected chi connectivity index (χ3v) is 2.97. The van der Waals surface area contributed by atoms with Crippen LogP contribution in [-0.4, -0.2) is 46.2 Å². The molecule has 1 N–H and O–H groups in total. The Labute approximate surface area is 105 Å². The van der Waals surface area contributed by atoms with Gasteiger partial charge in [0, 0.05) is 44.1 Å². The Morgan fingerprint density at radius 2 is 2.00 bits per heavy atom. The Kier molecular flexibility index (Phi) is 3.29. The van der Waals surface area contributed by atoms with Crippen molar-refractivity contribution in [3.05, 3.63) is 30.4 Å². The number of hydrogen-bond acceptors (Lipinski definition) is 6. The number of aromatic nitrogens is 3. The molecule has 3 rings (SSSR count). The van der Waals surface area contributed by atoms with Crippen LogP contribution in [0.4, 0.5) is 0 Å². The summed E-state index contributed by atoms with van der Waals surface area (Å²) >= 11 is 0. The molecule has 1 aliphatic heterocycles. The molecule has 94 valence electrons. The summed E-state index contributed by atoms with van der Waals surface area (Å²) in [7, 11) is 0. The molecule has 0 atom stereocenters. The lowest BCUT2D eigenvalue weighted by Crippen LogP contribution is -2.43. The van der Waals surface area contributed by atoms with Crippen LogP contribution in [0.1, 0.15) is 5.82 Å². The van der Waals surface area contributed by atoms with E-state index in [-0.39, 0.29) is 0 Å². The highest BCUT2D eigenvalue weighted by Gasteiger charge is 2.14. The number of nitrogens with zero attached hydrogens (tertiary/aromatic N) is 4. The monoisotopic (exact) mass is 245 g/mol. The van der Waals surface area contributed by atoms with Crippen molar-refractivity contribution < 1.29 is 4.52 Å². The minimum atomic E-state index is 0.558. The van der Waals surface area contributed by atoms with E-state index in [9.17, 15) is 0 Å². The predicted molar refractivity (Wildman–Crippen MR) is 65.7 cm³/mol. The lowest BCUT2D eigenvalue weighted by Gasteiger charge is -2.25. The lowest BCUT2D eigenvalue weighted by atomic mass is 10.3. The highest BCUT2D eigenvalue weighted by Crippen LogP contribution is 2.15. The van der Waals surface area contributed by atoms with E-state index in [1.807, 2.05) is 12.1 Å². The van der Waals surface area contributed by atoms with Gasteiger partial charge in [0.2, 0.25) is 0 Å². The smallest absolute Gasteiger partial charge is 0.258 e. The van der Waals surface area contributed by atoms with E-state index in [1.54, 1.807) is 12.4 Å². The molecule has 6 nitrogen and oxygen atoms in total. The second-order valence-corrected chi connectivity index (χ2v) is 4.28. The first kappa shape index (κ1) is 11.3. The van der Waals surface area contributed by atoms with Crippen molar-refractivity contribution in [2.24, 2.45) is 0 Å². The molecule has 2 aromatic rings. The van der Waals surface area contributed by atoms with Gasteiger partial charge in [0.05, 0.1) is 6.54 Å². The summed E-state index contributed by atoms with van der Waals surface area (Å²) in [6.45, 7) is 4.85. The van der Waals surface area contributed by atoms with Crippen LogP contribution in [0.3, 0.4) is 0 Å². The molecule has 1 fully saturated rings. The van der Waals surface area contributed by atoms with Crippen molar-refractivity contribution in [1.82, 2.24) is 25.3 Å². The molecule has 0 radical (unpaired) electrons. The van der Waals surface area contributed by atoms with Crippen LogP contribution in [0.2, 0.25) is 0 Å². The maximum atomic E-state index is 5.26. The minimum absolute atomic E-state index is 0.558. The lowest BCUT2D eigenvalue weighted by molar-refractivity contribution is 0.225. The van der Waals surface area contributed by atoms with Crippen LogP contribution in [0, 0.1) is 0 Å². The molecule has 0 bridgehead atoms. The summed E-state index contributed by atoms with van der Waals surface area (Å²) in [5.41, 5.74) is 0.907. The number of nitrogens with one attached hydrogen (secondary N) is 1. The van der Waals surface area contributed by atoms with E-state index < -0.39 is 0 Å². The summed E-state index contributed by atoms with van der Waals surface area (Å²) in [5.74, 6) is 1.30. The SMILES string of the molecule is c1cc(-c2nc(CN3CCNCC3)no2)ccn1. The highest BCUT2D eigenvalue weighted by molar-refractivity contribution is 5.50. The van der Waals surface area contributed by atoms with Gasteiger partial charge in [0.25, 0.3) is 5.89 Å². The van der Waals surface area contributed by atoms with Crippen molar-refractivity contribution in [3.63, 3.8) is 0 Å². The van der Waals surface area contributed by atoms with Gasteiger partial charge in [0.15, 0.2) is 5.82 Å². The molecule has 18 heavy (non-hydrogen) atoms. The number of pyridine rings is 1. The summed E-state index contributed by atoms with van der Waals surface area (Å²) < 4.78 is 5.26. The van der Waals surface area contributed by atoms with Gasteiger partial charge in [-0.25, -0.2) is 0 Å². The van der Waals surface area contributed by atoms with Crippen LogP contribution in [0.15, 0.2) is 29.0 Å². The fourth-order valence-electron chi connectivity index (χ4n) is 2.00. The normalized spacial score (nSPS) is 16.9. The molecule has 3 heterocycles. The second-order valence-electron chi connectivity index (χ2n) is 4.28. The van der Waals surface area contributed by atoms with E-state index in [1.165, 1.54) is 0 Å². The molecule has 0 amide bonds. The summed E-state index contributed by atoms with van der Waals surface area (Å²) in [5, 5.41) is 7.34. The van der Waals surface area contributed by atoms with E-state index in [0.29, 0.717) is 5.89 Å². The molecule has 0 saturated carbocycles. The molecule has 6 heteroatoms. The average molecular weight is 245 g/mol. The summed E-state index contributed by atoms with van der Waals surface area (Å²) in [4.78, 5) is 10.7. The van der Waals surface area contributed by atoms with Crippen molar-refractivity contribution in [2.45, 2.75) is 6.54 Å². The molecule has 1 aliphatic rings. The number of rotatable bonds is 3. The van der Waals surface area contributed by atoms with Crippen molar-refractivity contribution in [2.75, 3.05) is 26.2 Å². The number of hydrogen-bond donors (Lipinski definition) is 1. The van der Waals surface area contributed by atoms with Gasteiger partial charge in [0.1, 0.15) is 0 Å². The maximum absolute atomic E-state index is 5.26. The zero-order valence-corrected chi connectivity index (χ0v) is 10.0. The van der Waals surface area contributed by atoms with Gasteiger partial charge in [-0.05, 0) is 12.1 Å². The molecule has 2 aromatic heterocycles. The Bertz CT molecular complexity index is 492. The Morgan fingerprint density at radius 3 is 2.78 bits per heavy atom. The number of piperazine rings is 1. The Hall–Kier alpha value is -1.79. The minimum Gasteiger partial charge on any atom is -0.334 e. The molecule has 1 saturated heterocycles. The van der Waals surface area contributed by atoms with Crippen molar-refractivity contribution >= 4 is 0 Å². The van der Waals surface area contributed by atoms with Crippen molar-refractivity contribution in [3.8, 4) is 11.5 Å². The molecular formula is C12H15N5O. The third-order valence-electron chi connectivity index (χ3n) is 2.97.